The number of aliphatic carboxylic acids is 1. The standard InChI is InChI=1S/C12H20F4N2O3/c1-11(2,3)4-7(8(19)20)5-17-10(21)18-6-12(15,16)9(13)14/h7,9H,4-6H2,1-3H3,(H,19,20)(H2,17,18,21). The highest BCUT2D eigenvalue weighted by Crippen LogP contribution is 2.24. The summed E-state index contributed by atoms with van der Waals surface area (Å²) in [6, 6.07) is -1.12. The van der Waals surface area contributed by atoms with E-state index in [4.69, 9.17) is 5.11 Å². The zero-order valence-electron chi connectivity index (χ0n) is 12.1. The number of carbonyl (C=O) groups excluding carboxylic acids is 1. The van der Waals surface area contributed by atoms with Gasteiger partial charge in [-0.3, -0.25) is 4.79 Å². The maximum atomic E-state index is 12.6. The smallest absolute Gasteiger partial charge is 0.324 e. The normalized spacial score (nSPS) is 13.9. The van der Waals surface area contributed by atoms with E-state index < -0.39 is 36.8 Å². The summed E-state index contributed by atoms with van der Waals surface area (Å²) in [4.78, 5) is 22.2. The Balaban J connectivity index is 4.30. The van der Waals surface area contributed by atoms with Crippen LogP contribution in [0.4, 0.5) is 22.4 Å². The van der Waals surface area contributed by atoms with Crippen LogP contribution >= 0.6 is 0 Å². The van der Waals surface area contributed by atoms with Crippen molar-refractivity contribution in [3.05, 3.63) is 0 Å². The van der Waals surface area contributed by atoms with Crippen LogP contribution in [-0.2, 0) is 4.79 Å². The molecule has 0 aliphatic rings. The van der Waals surface area contributed by atoms with Crippen molar-refractivity contribution in [2.45, 2.75) is 39.5 Å². The fourth-order valence-corrected chi connectivity index (χ4v) is 1.54. The predicted molar refractivity (Wildman–Crippen MR) is 67.6 cm³/mol. The van der Waals surface area contributed by atoms with Crippen LogP contribution in [0, 0.1) is 11.3 Å². The largest absolute Gasteiger partial charge is 0.481 e. The third-order valence-electron chi connectivity index (χ3n) is 2.52. The number of carboxylic acid groups (broad SMARTS) is 1. The molecule has 3 N–H and O–H groups in total. The average Bonchev–Trinajstić information content (AvgIpc) is 2.30. The minimum absolute atomic E-state index is 0.260. The van der Waals surface area contributed by atoms with Crippen molar-refractivity contribution in [3.8, 4) is 0 Å². The lowest BCUT2D eigenvalue weighted by atomic mass is 9.84. The van der Waals surface area contributed by atoms with Gasteiger partial charge in [-0.1, -0.05) is 20.8 Å². The number of alkyl halides is 4. The number of carboxylic acids is 1. The van der Waals surface area contributed by atoms with Crippen LogP contribution in [0.15, 0.2) is 0 Å². The first-order chi connectivity index (χ1) is 9.35. The molecule has 0 aromatic carbocycles. The average molecular weight is 316 g/mol. The maximum absolute atomic E-state index is 12.6. The lowest BCUT2D eigenvalue weighted by Gasteiger charge is -2.23. The summed E-state index contributed by atoms with van der Waals surface area (Å²) in [5.41, 5.74) is -0.302. The van der Waals surface area contributed by atoms with Crippen LogP contribution in [0.3, 0.4) is 0 Å². The van der Waals surface area contributed by atoms with Crippen molar-refractivity contribution in [1.82, 2.24) is 10.6 Å². The van der Waals surface area contributed by atoms with Crippen molar-refractivity contribution < 1.29 is 32.3 Å². The monoisotopic (exact) mass is 316 g/mol. The summed E-state index contributed by atoms with van der Waals surface area (Å²) in [5, 5.41) is 12.7. The zero-order chi connectivity index (χ0) is 16.8. The molecule has 0 saturated heterocycles. The molecule has 124 valence electrons. The molecule has 0 radical (unpaired) electrons. The molecule has 0 aromatic rings. The van der Waals surface area contributed by atoms with E-state index in [1.54, 1.807) is 5.32 Å². The lowest BCUT2D eigenvalue weighted by Crippen LogP contribution is -2.47. The van der Waals surface area contributed by atoms with Gasteiger partial charge in [-0.15, -0.1) is 0 Å². The Kier molecular flexibility index (Phi) is 6.92. The summed E-state index contributed by atoms with van der Waals surface area (Å²) in [5.74, 6) is -6.36. The zero-order valence-corrected chi connectivity index (χ0v) is 12.1. The highest BCUT2D eigenvalue weighted by molar-refractivity contribution is 5.75. The van der Waals surface area contributed by atoms with E-state index >= 15 is 0 Å². The van der Waals surface area contributed by atoms with Crippen LogP contribution in [0.1, 0.15) is 27.2 Å². The van der Waals surface area contributed by atoms with Gasteiger partial charge in [0.25, 0.3) is 0 Å². The van der Waals surface area contributed by atoms with Gasteiger partial charge in [0.05, 0.1) is 12.5 Å². The molecule has 0 spiro atoms. The van der Waals surface area contributed by atoms with Crippen molar-refractivity contribution in [2.24, 2.45) is 11.3 Å². The molecule has 0 bridgehead atoms. The second-order valence-electron chi connectivity index (χ2n) is 5.93. The molecule has 5 nitrogen and oxygen atoms in total. The molecule has 0 aliphatic carbocycles. The number of urea groups is 1. The number of carbonyl (C=O) groups is 2. The van der Waals surface area contributed by atoms with E-state index in [2.05, 4.69) is 5.32 Å². The second-order valence-corrected chi connectivity index (χ2v) is 5.93. The molecule has 0 saturated carbocycles. The van der Waals surface area contributed by atoms with Gasteiger partial charge in [-0.2, -0.15) is 8.78 Å². The van der Waals surface area contributed by atoms with E-state index in [9.17, 15) is 27.2 Å². The fourth-order valence-electron chi connectivity index (χ4n) is 1.54. The number of nitrogens with one attached hydrogen (secondary N) is 2. The Morgan fingerprint density at radius 3 is 2.05 bits per heavy atom. The topological polar surface area (TPSA) is 78.4 Å². The first-order valence-electron chi connectivity index (χ1n) is 6.25. The molecule has 0 aliphatic heterocycles. The third-order valence-corrected chi connectivity index (χ3v) is 2.52. The van der Waals surface area contributed by atoms with Gasteiger partial charge in [-0.05, 0) is 11.8 Å². The van der Waals surface area contributed by atoms with Crippen molar-refractivity contribution >= 4 is 12.0 Å². The van der Waals surface area contributed by atoms with Crippen LogP contribution in [-0.4, -0.2) is 42.5 Å². The molecule has 1 unspecified atom stereocenters. The minimum atomic E-state index is -4.32. The van der Waals surface area contributed by atoms with Gasteiger partial charge in [0, 0.05) is 6.54 Å². The maximum Gasteiger partial charge on any atom is 0.324 e. The number of halogens is 4. The van der Waals surface area contributed by atoms with E-state index in [1.807, 2.05) is 20.8 Å². The van der Waals surface area contributed by atoms with Gasteiger partial charge in [-0.25, -0.2) is 13.6 Å². The van der Waals surface area contributed by atoms with Crippen LogP contribution in [0.2, 0.25) is 0 Å². The first-order valence-corrected chi connectivity index (χ1v) is 6.25. The molecule has 0 aromatic heterocycles. The first kappa shape index (κ1) is 19.5. The minimum Gasteiger partial charge on any atom is -0.481 e. The van der Waals surface area contributed by atoms with E-state index in [-0.39, 0.29) is 18.4 Å². The quantitative estimate of drug-likeness (QED) is 0.631. The van der Waals surface area contributed by atoms with Crippen LogP contribution in [0.25, 0.3) is 0 Å². The number of hydrogen-bond acceptors (Lipinski definition) is 2. The molecular formula is C12H20F4N2O3. The highest BCUT2D eigenvalue weighted by Gasteiger charge is 2.40. The Morgan fingerprint density at radius 1 is 1.14 bits per heavy atom. The van der Waals surface area contributed by atoms with E-state index in [1.165, 1.54) is 0 Å². The molecule has 0 heterocycles. The van der Waals surface area contributed by atoms with Gasteiger partial charge >= 0.3 is 24.3 Å². The third kappa shape index (κ3) is 8.36. The van der Waals surface area contributed by atoms with Gasteiger partial charge in [0.15, 0.2) is 0 Å². The summed E-state index contributed by atoms with van der Waals surface area (Å²) in [7, 11) is 0. The van der Waals surface area contributed by atoms with Crippen LogP contribution < -0.4 is 10.6 Å². The number of hydrogen-bond donors (Lipinski definition) is 3. The van der Waals surface area contributed by atoms with Gasteiger partial charge in [0.2, 0.25) is 0 Å². The molecule has 1 atom stereocenters. The van der Waals surface area contributed by atoms with Crippen molar-refractivity contribution in [1.29, 1.82) is 0 Å². The molecular weight excluding hydrogens is 296 g/mol. The molecule has 2 amide bonds. The molecule has 9 heteroatoms. The summed E-state index contributed by atoms with van der Waals surface area (Å²) in [6.45, 7) is 3.64. The Labute approximate surface area is 120 Å². The Hall–Kier alpha value is -1.54. The summed E-state index contributed by atoms with van der Waals surface area (Å²) >= 11 is 0. The predicted octanol–water partition coefficient (Wildman–Crippen LogP) is 2.32. The summed E-state index contributed by atoms with van der Waals surface area (Å²) < 4.78 is 48.9. The molecule has 21 heavy (non-hydrogen) atoms. The Bertz CT molecular complexity index is 370. The summed E-state index contributed by atoms with van der Waals surface area (Å²) in [6.07, 6.45) is -3.62. The second kappa shape index (κ2) is 7.46. The van der Waals surface area contributed by atoms with Crippen molar-refractivity contribution in [3.63, 3.8) is 0 Å². The van der Waals surface area contributed by atoms with E-state index in [0.717, 1.165) is 0 Å². The highest BCUT2D eigenvalue weighted by atomic mass is 19.3. The number of amides is 2. The number of rotatable bonds is 7. The van der Waals surface area contributed by atoms with Gasteiger partial charge in [0.1, 0.15) is 0 Å². The van der Waals surface area contributed by atoms with Gasteiger partial charge < -0.3 is 15.7 Å². The Morgan fingerprint density at radius 2 is 1.67 bits per heavy atom. The lowest BCUT2D eigenvalue weighted by molar-refractivity contribution is -0.142. The van der Waals surface area contributed by atoms with Crippen molar-refractivity contribution in [2.75, 3.05) is 13.1 Å². The van der Waals surface area contributed by atoms with E-state index in [0.29, 0.717) is 0 Å². The SMILES string of the molecule is CC(C)(C)CC(CNC(=O)NCC(F)(F)C(F)F)C(=O)O. The van der Waals surface area contributed by atoms with Crippen LogP contribution in [0.5, 0.6) is 0 Å². The molecule has 0 rings (SSSR count). The molecule has 0 fully saturated rings. The fraction of sp³-hybridized carbons (Fsp3) is 0.833.